The van der Waals surface area contributed by atoms with Gasteiger partial charge in [-0.3, -0.25) is 9.69 Å². The topological polar surface area (TPSA) is 58.9 Å². The van der Waals surface area contributed by atoms with Crippen LogP contribution in [0, 0.1) is 12.7 Å². The van der Waals surface area contributed by atoms with E-state index in [1.807, 2.05) is 60.1 Å². The summed E-state index contributed by atoms with van der Waals surface area (Å²) in [4.78, 5) is 19.8. The number of hydrogen-bond donors (Lipinski definition) is 1. The molecule has 35 heavy (non-hydrogen) atoms. The second-order valence-electron chi connectivity index (χ2n) is 9.17. The van der Waals surface area contributed by atoms with Crippen molar-refractivity contribution >= 4 is 11.6 Å². The summed E-state index contributed by atoms with van der Waals surface area (Å²) in [6.07, 6.45) is 5.76. The Morgan fingerprint density at radius 2 is 1.89 bits per heavy atom. The number of imidazole rings is 1. The molecule has 180 valence electrons. The Kier molecular flexibility index (Phi) is 6.77. The molecule has 1 amide bonds. The monoisotopic (exact) mass is 472 g/mol. The van der Waals surface area contributed by atoms with E-state index in [0.29, 0.717) is 17.9 Å². The van der Waals surface area contributed by atoms with Gasteiger partial charge in [0.15, 0.2) is 0 Å². The van der Waals surface area contributed by atoms with E-state index in [1.165, 1.54) is 17.7 Å². The predicted octanol–water partition coefficient (Wildman–Crippen LogP) is 4.76. The third kappa shape index (κ3) is 5.87. The highest BCUT2D eigenvalue weighted by Gasteiger charge is 2.21. The molecule has 4 aromatic rings. The largest absolute Gasteiger partial charge is 0.487 e. The SMILES string of the molecule is Cc1ccc2nc(COc3cccc(C(=O)NC4CCN(Cc5ccc(F)cc5)CC4)c3)cn2c1. The van der Waals surface area contributed by atoms with Crippen molar-refractivity contribution in [3.05, 3.63) is 101 Å². The van der Waals surface area contributed by atoms with Crippen LogP contribution < -0.4 is 10.1 Å². The number of carbonyl (C=O) groups excluding carboxylic acids is 1. The number of nitrogens with zero attached hydrogens (tertiary/aromatic N) is 3. The van der Waals surface area contributed by atoms with Crippen molar-refractivity contribution < 1.29 is 13.9 Å². The van der Waals surface area contributed by atoms with Gasteiger partial charge in [0.25, 0.3) is 5.91 Å². The minimum Gasteiger partial charge on any atom is -0.487 e. The Labute approximate surface area is 204 Å². The summed E-state index contributed by atoms with van der Waals surface area (Å²) >= 11 is 0. The number of rotatable bonds is 7. The van der Waals surface area contributed by atoms with E-state index in [2.05, 4.69) is 15.2 Å². The van der Waals surface area contributed by atoms with Gasteiger partial charge in [0.1, 0.15) is 23.8 Å². The average Bonchev–Trinajstić information content (AvgIpc) is 3.27. The van der Waals surface area contributed by atoms with Gasteiger partial charge in [0, 0.05) is 43.6 Å². The normalized spacial score (nSPS) is 14.8. The molecule has 0 aliphatic carbocycles. The molecule has 0 atom stereocenters. The standard InChI is InChI=1S/C28H29FN4O2/c1-20-5-10-27-30-25(18-33(27)16-20)19-35-26-4-2-3-22(15-26)28(34)31-24-11-13-32(14-12-24)17-21-6-8-23(29)9-7-21/h2-10,15-16,18,24H,11-14,17,19H2,1H3,(H,31,34). The number of nitrogens with one attached hydrogen (secondary N) is 1. The molecule has 1 saturated heterocycles. The summed E-state index contributed by atoms with van der Waals surface area (Å²) in [6, 6.07) is 18.1. The van der Waals surface area contributed by atoms with Crippen LogP contribution in [0.25, 0.3) is 5.65 Å². The second kappa shape index (κ2) is 10.3. The first kappa shape index (κ1) is 23.1. The molecule has 1 N–H and O–H groups in total. The predicted molar refractivity (Wildman–Crippen MR) is 133 cm³/mol. The minimum absolute atomic E-state index is 0.0874. The number of piperidine rings is 1. The number of carbonyl (C=O) groups is 1. The number of aryl methyl sites for hydroxylation is 1. The smallest absolute Gasteiger partial charge is 0.251 e. The molecule has 2 aromatic heterocycles. The fourth-order valence-electron chi connectivity index (χ4n) is 4.46. The first-order valence-corrected chi connectivity index (χ1v) is 12.0. The van der Waals surface area contributed by atoms with Crippen molar-refractivity contribution in [2.75, 3.05) is 13.1 Å². The summed E-state index contributed by atoms with van der Waals surface area (Å²) in [6.45, 7) is 4.96. The number of pyridine rings is 1. The Hall–Kier alpha value is -3.71. The molecular weight excluding hydrogens is 443 g/mol. The van der Waals surface area contributed by atoms with E-state index in [-0.39, 0.29) is 17.8 Å². The Bertz CT molecular complexity index is 1310. The number of amides is 1. The van der Waals surface area contributed by atoms with Crippen molar-refractivity contribution in [2.45, 2.75) is 39.0 Å². The van der Waals surface area contributed by atoms with Gasteiger partial charge in [-0.1, -0.05) is 24.3 Å². The molecule has 2 aromatic carbocycles. The molecule has 0 spiro atoms. The van der Waals surface area contributed by atoms with Gasteiger partial charge < -0.3 is 14.5 Å². The summed E-state index contributed by atoms with van der Waals surface area (Å²) in [5, 5.41) is 3.16. The van der Waals surface area contributed by atoms with Crippen molar-refractivity contribution in [3.8, 4) is 5.75 Å². The fourth-order valence-corrected chi connectivity index (χ4v) is 4.46. The van der Waals surface area contributed by atoms with Gasteiger partial charge in [-0.25, -0.2) is 9.37 Å². The lowest BCUT2D eigenvalue weighted by Crippen LogP contribution is -2.44. The van der Waals surface area contributed by atoms with Gasteiger partial charge in [-0.2, -0.15) is 0 Å². The third-order valence-electron chi connectivity index (χ3n) is 6.37. The maximum Gasteiger partial charge on any atom is 0.251 e. The fraction of sp³-hybridized carbons (Fsp3) is 0.286. The highest BCUT2D eigenvalue weighted by atomic mass is 19.1. The van der Waals surface area contributed by atoms with Crippen LogP contribution in [-0.4, -0.2) is 39.3 Å². The van der Waals surface area contributed by atoms with Crippen LogP contribution in [0.3, 0.4) is 0 Å². The number of halogens is 1. The number of benzene rings is 2. The summed E-state index contributed by atoms with van der Waals surface area (Å²) < 4.78 is 21.0. The van der Waals surface area contributed by atoms with E-state index in [0.717, 1.165) is 49.4 Å². The maximum atomic E-state index is 13.1. The zero-order chi connectivity index (χ0) is 24.2. The summed E-state index contributed by atoms with van der Waals surface area (Å²) in [5.41, 5.74) is 4.56. The third-order valence-corrected chi connectivity index (χ3v) is 6.37. The van der Waals surface area contributed by atoms with Crippen molar-refractivity contribution in [2.24, 2.45) is 0 Å². The average molecular weight is 473 g/mol. The zero-order valence-corrected chi connectivity index (χ0v) is 19.8. The van der Waals surface area contributed by atoms with Crippen LogP contribution in [-0.2, 0) is 13.2 Å². The highest BCUT2D eigenvalue weighted by Crippen LogP contribution is 2.18. The van der Waals surface area contributed by atoms with E-state index in [1.54, 1.807) is 12.1 Å². The summed E-state index contributed by atoms with van der Waals surface area (Å²) in [7, 11) is 0. The Morgan fingerprint density at radius 1 is 1.09 bits per heavy atom. The quantitative estimate of drug-likeness (QED) is 0.422. The molecular formula is C28H29FN4O2. The first-order chi connectivity index (χ1) is 17.0. The van der Waals surface area contributed by atoms with E-state index in [4.69, 9.17) is 4.74 Å². The number of ether oxygens (including phenoxy) is 1. The highest BCUT2D eigenvalue weighted by molar-refractivity contribution is 5.94. The van der Waals surface area contributed by atoms with Gasteiger partial charge in [0.2, 0.25) is 0 Å². The molecule has 0 saturated carbocycles. The number of aromatic nitrogens is 2. The Morgan fingerprint density at radius 3 is 2.69 bits per heavy atom. The van der Waals surface area contributed by atoms with E-state index >= 15 is 0 Å². The number of fused-ring (bicyclic) bond motifs is 1. The van der Waals surface area contributed by atoms with Gasteiger partial charge in [-0.15, -0.1) is 0 Å². The van der Waals surface area contributed by atoms with Crippen LogP contribution in [0.5, 0.6) is 5.75 Å². The van der Waals surface area contributed by atoms with Crippen LogP contribution >= 0.6 is 0 Å². The summed E-state index contributed by atoms with van der Waals surface area (Å²) in [5.74, 6) is 0.338. The number of likely N-dealkylation sites (tertiary alicyclic amines) is 1. The number of hydrogen-bond acceptors (Lipinski definition) is 4. The minimum atomic E-state index is -0.213. The van der Waals surface area contributed by atoms with Crippen LogP contribution in [0.4, 0.5) is 4.39 Å². The molecule has 0 unspecified atom stereocenters. The lowest BCUT2D eigenvalue weighted by atomic mass is 10.0. The molecule has 1 fully saturated rings. The van der Waals surface area contributed by atoms with Crippen molar-refractivity contribution in [1.82, 2.24) is 19.6 Å². The molecule has 1 aliphatic rings. The second-order valence-corrected chi connectivity index (χ2v) is 9.17. The molecule has 0 bridgehead atoms. The van der Waals surface area contributed by atoms with Gasteiger partial charge >= 0.3 is 0 Å². The lowest BCUT2D eigenvalue weighted by Gasteiger charge is -2.32. The lowest BCUT2D eigenvalue weighted by molar-refractivity contribution is 0.0908. The molecule has 1 aliphatic heterocycles. The van der Waals surface area contributed by atoms with Crippen molar-refractivity contribution in [1.29, 1.82) is 0 Å². The maximum absolute atomic E-state index is 13.1. The van der Waals surface area contributed by atoms with E-state index < -0.39 is 0 Å². The van der Waals surface area contributed by atoms with Crippen LogP contribution in [0.15, 0.2) is 73.1 Å². The van der Waals surface area contributed by atoms with Crippen molar-refractivity contribution in [3.63, 3.8) is 0 Å². The van der Waals surface area contributed by atoms with Gasteiger partial charge in [0.05, 0.1) is 5.69 Å². The van der Waals surface area contributed by atoms with Crippen LogP contribution in [0.2, 0.25) is 0 Å². The molecule has 7 heteroatoms. The molecule has 3 heterocycles. The van der Waals surface area contributed by atoms with Gasteiger partial charge in [-0.05, 0) is 67.3 Å². The Balaban J connectivity index is 1.12. The molecule has 6 nitrogen and oxygen atoms in total. The van der Waals surface area contributed by atoms with Crippen LogP contribution in [0.1, 0.15) is 40.0 Å². The molecule has 5 rings (SSSR count). The molecule has 0 radical (unpaired) electrons. The zero-order valence-electron chi connectivity index (χ0n) is 19.8. The van der Waals surface area contributed by atoms with E-state index in [9.17, 15) is 9.18 Å². The first-order valence-electron chi connectivity index (χ1n) is 12.0.